The second-order valence-corrected chi connectivity index (χ2v) is 6.74. The van der Waals surface area contributed by atoms with Gasteiger partial charge in [0.1, 0.15) is 11.4 Å². The molecule has 8 heteroatoms. The zero-order chi connectivity index (χ0) is 18.8. The van der Waals surface area contributed by atoms with E-state index < -0.39 is 23.6 Å². The van der Waals surface area contributed by atoms with E-state index >= 15 is 0 Å². The number of rotatable bonds is 5. The van der Waals surface area contributed by atoms with Crippen molar-refractivity contribution in [2.75, 3.05) is 0 Å². The minimum absolute atomic E-state index is 0.206. The zero-order valence-electron chi connectivity index (χ0n) is 14.3. The molecule has 25 heavy (non-hydrogen) atoms. The molecule has 1 atom stereocenters. The standard InChI is InChI=1S/C17H21N3O5/c1-17(2,3)24-16(23)9-4-5-11(12(6-9)15(18)19)13-7-10(20-25-13)8-14(21)22/h4-6,13H,7-8H2,1-3H3,(H3,18,19)(H,21,22). The van der Waals surface area contributed by atoms with Gasteiger partial charge in [0, 0.05) is 17.5 Å². The Hall–Kier alpha value is -2.90. The van der Waals surface area contributed by atoms with Gasteiger partial charge < -0.3 is 20.4 Å². The molecule has 0 amide bonds. The van der Waals surface area contributed by atoms with Crippen LogP contribution in [0.5, 0.6) is 0 Å². The van der Waals surface area contributed by atoms with Gasteiger partial charge in [-0.05, 0) is 32.9 Å². The first-order valence-corrected chi connectivity index (χ1v) is 7.72. The maximum atomic E-state index is 12.2. The summed E-state index contributed by atoms with van der Waals surface area (Å²) in [4.78, 5) is 28.2. The van der Waals surface area contributed by atoms with Crippen molar-refractivity contribution in [2.45, 2.75) is 45.3 Å². The number of nitrogen functional groups attached to an aromatic ring is 1. The summed E-state index contributed by atoms with van der Waals surface area (Å²) in [5.74, 6) is -1.73. The average molecular weight is 347 g/mol. The summed E-state index contributed by atoms with van der Waals surface area (Å²) in [6.07, 6.45) is -0.457. The van der Waals surface area contributed by atoms with Crippen LogP contribution in [0.4, 0.5) is 0 Å². The van der Waals surface area contributed by atoms with Gasteiger partial charge in [0.05, 0.1) is 17.7 Å². The largest absolute Gasteiger partial charge is 0.481 e. The summed E-state index contributed by atoms with van der Waals surface area (Å²) in [7, 11) is 0. The molecule has 0 bridgehead atoms. The Morgan fingerprint density at radius 1 is 1.44 bits per heavy atom. The molecule has 1 aromatic rings. The number of carboxylic acid groups (broad SMARTS) is 1. The van der Waals surface area contributed by atoms with Crippen molar-refractivity contribution in [1.29, 1.82) is 5.41 Å². The number of oxime groups is 1. The summed E-state index contributed by atoms with van der Waals surface area (Å²) >= 11 is 0. The third-order valence-electron chi connectivity index (χ3n) is 3.41. The number of esters is 1. The number of nitrogens with one attached hydrogen (secondary N) is 1. The molecule has 1 aromatic carbocycles. The SMILES string of the molecule is CC(C)(C)OC(=O)c1ccc(C2CC(CC(=O)O)=NO2)c(C(=N)N)c1. The molecule has 1 aliphatic heterocycles. The lowest BCUT2D eigenvalue weighted by atomic mass is 9.95. The number of nitrogens with two attached hydrogens (primary N) is 1. The predicted octanol–water partition coefficient (Wildman–Crippen LogP) is 2.22. The molecule has 1 unspecified atom stereocenters. The predicted molar refractivity (Wildman–Crippen MR) is 90.8 cm³/mol. The monoisotopic (exact) mass is 347 g/mol. The van der Waals surface area contributed by atoms with Crippen molar-refractivity contribution in [3.05, 3.63) is 34.9 Å². The van der Waals surface area contributed by atoms with E-state index in [9.17, 15) is 9.59 Å². The molecule has 0 saturated carbocycles. The number of hydrogen-bond acceptors (Lipinski definition) is 6. The molecular weight excluding hydrogens is 326 g/mol. The van der Waals surface area contributed by atoms with Crippen LogP contribution in [0.15, 0.2) is 23.4 Å². The Balaban J connectivity index is 2.25. The average Bonchev–Trinajstić information content (AvgIpc) is 2.92. The maximum Gasteiger partial charge on any atom is 0.338 e. The van der Waals surface area contributed by atoms with Crippen molar-refractivity contribution in [2.24, 2.45) is 10.9 Å². The van der Waals surface area contributed by atoms with Crippen LogP contribution in [0, 0.1) is 5.41 Å². The normalized spacial score (nSPS) is 16.8. The van der Waals surface area contributed by atoms with E-state index in [1.807, 2.05) is 0 Å². The fourth-order valence-electron chi connectivity index (χ4n) is 2.41. The van der Waals surface area contributed by atoms with Crippen LogP contribution in [0.25, 0.3) is 0 Å². The van der Waals surface area contributed by atoms with Crippen molar-refractivity contribution in [3.63, 3.8) is 0 Å². The summed E-state index contributed by atoms with van der Waals surface area (Å²) < 4.78 is 5.32. The molecule has 0 fully saturated rings. The van der Waals surface area contributed by atoms with E-state index in [1.54, 1.807) is 32.9 Å². The second-order valence-electron chi connectivity index (χ2n) is 6.74. The van der Waals surface area contributed by atoms with Gasteiger partial charge in [-0.2, -0.15) is 0 Å². The molecule has 0 spiro atoms. The fraction of sp³-hybridized carbons (Fsp3) is 0.412. The Bertz CT molecular complexity index is 749. The highest BCUT2D eigenvalue weighted by Crippen LogP contribution is 2.31. The molecule has 1 aliphatic rings. The van der Waals surface area contributed by atoms with E-state index in [0.717, 1.165) is 0 Å². The Morgan fingerprint density at radius 2 is 2.12 bits per heavy atom. The first kappa shape index (κ1) is 18.4. The highest BCUT2D eigenvalue weighted by molar-refractivity contribution is 6.01. The van der Waals surface area contributed by atoms with Crippen LogP contribution in [0.2, 0.25) is 0 Å². The van der Waals surface area contributed by atoms with Gasteiger partial charge in [-0.3, -0.25) is 10.2 Å². The number of amidine groups is 1. The molecule has 134 valence electrons. The third kappa shape index (κ3) is 4.79. The number of hydrogen-bond donors (Lipinski definition) is 3. The summed E-state index contributed by atoms with van der Waals surface area (Å²) in [5.41, 5.74) is 6.58. The Labute approximate surface area is 145 Å². The number of aliphatic carboxylic acids is 1. The van der Waals surface area contributed by atoms with Gasteiger partial charge in [0.25, 0.3) is 0 Å². The number of nitrogens with zero attached hydrogens (tertiary/aromatic N) is 1. The number of carboxylic acids is 1. The highest BCUT2D eigenvalue weighted by atomic mass is 16.6. The molecule has 4 N–H and O–H groups in total. The summed E-state index contributed by atoms with van der Waals surface area (Å²) in [5, 5.41) is 20.4. The maximum absolute atomic E-state index is 12.2. The fourth-order valence-corrected chi connectivity index (χ4v) is 2.41. The lowest BCUT2D eigenvalue weighted by Crippen LogP contribution is -2.24. The molecule has 0 aliphatic carbocycles. The molecule has 1 heterocycles. The summed E-state index contributed by atoms with van der Waals surface area (Å²) in [6.45, 7) is 5.29. The van der Waals surface area contributed by atoms with E-state index in [2.05, 4.69) is 5.16 Å². The van der Waals surface area contributed by atoms with Crippen LogP contribution >= 0.6 is 0 Å². The van der Waals surface area contributed by atoms with Crippen LogP contribution in [0.1, 0.15) is 61.2 Å². The van der Waals surface area contributed by atoms with E-state index in [4.69, 9.17) is 25.8 Å². The van der Waals surface area contributed by atoms with Crippen molar-refractivity contribution in [3.8, 4) is 0 Å². The minimum Gasteiger partial charge on any atom is -0.481 e. The topological polar surface area (TPSA) is 135 Å². The molecule has 0 saturated heterocycles. The van der Waals surface area contributed by atoms with Gasteiger partial charge in [0.2, 0.25) is 0 Å². The number of carbonyl (C=O) groups is 2. The minimum atomic E-state index is -0.991. The van der Waals surface area contributed by atoms with E-state index in [1.165, 1.54) is 6.07 Å². The second kappa shape index (κ2) is 6.92. The number of benzene rings is 1. The highest BCUT2D eigenvalue weighted by Gasteiger charge is 2.28. The van der Waals surface area contributed by atoms with Gasteiger partial charge in [-0.15, -0.1) is 0 Å². The third-order valence-corrected chi connectivity index (χ3v) is 3.41. The first-order valence-electron chi connectivity index (χ1n) is 7.72. The van der Waals surface area contributed by atoms with Crippen LogP contribution in [-0.2, 0) is 14.4 Å². The Morgan fingerprint density at radius 3 is 2.68 bits per heavy atom. The van der Waals surface area contributed by atoms with Crippen molar-refractivity contribution < 1.29 is 24.3 Å². The van der Waals surface area contributed by atoms with Crippen molar-refractivity contribution >= 4 is 23.5 Å². The van der Waals surface area contributed by atoms with Gasteiger partial charge in [-0.1, -0.05) is 11.2 Å². The first-order chi connectivity index (χ1) is 11.6. The van der Waals surface area contributed by atoms with Crippen LogP contribution in [-0.4, -0.2) is 34.2 Å². The van der Waals surface area contributed by atoms with Gasteiger partial charge in [-0.25, -0.2) is 4.79 Å². The number of carbonyl (C=O) groups excluding carboxylic acids is 1. The van der Waals surface area contributed by atoms with E-state index in [0.29, 0.717) is 23.3 Å². The number of ether oxygens (including phenoxy) is 1. The summed E-state index contributed by atoms with van der Waals surface area (Å²) in [6, 6.07) is 4.67. The van der Waals surface area contributed by atoms with Gasteiger partial charge >= 0.3 is 11.9 Å². The van der Waals surface area contributed by atoms with E-state index in [-0.39, 0.29) is 17.8 Å². The van der Waals surface area contributed by atoms with Crippen LogP contribution in [0.3, 0.4) is 0 Å². The molecule has 0 aromatic heterocycles. The quantitative estimate of drug-likeness (QED) is 0.424. The lowest BCUT2D eigenvalue weighted by molar-refractivity contribution is -0.135. The van der Waals surface area contributed by atoms with Crippen LogP contribution < -0.4 is 5.73 Å². The smallest absolute Gasteiger partial charge is 0.338 e. The molecular formula is C17H21N3O5. The zero-order valence-corrected chi connectivity index (χ0v) is 14.3. The van der Waals surface area contributed by atoms with Gasteiger partial charge in [0.15, 0.2) is 6.10 Å². The molecule has 2 rings (SSSR count). The molecule has 8 nitrogen and oxygen atoms in total. The van der Waals surface area contributed by atoms with Crippen molar-refractivity contribution in [1.82, 2.24) is 0 Å². The Kier molecular flexibility index (Phi) is 5.10. The molecule has 0 radical (unpaired) electrons. The lowest BCUT2D eigenvalue weighted by Gasteiger charge is -2.20.